The third-order valence-electron chi connectivity index (χ3n) is 5.77. The van der Waals surface area contributed by atoms with Crippen molar-refractivity contribution in [2.75, 3.05) is 6.54 Å². The van der Waals surface area contributed by atoms with E-state index in [0.29, 0.717) is 22.4 Å². The number of carbonyl (C=O) groups excluding carboxylic acids is 3. The molecular weight excluding hydrogens is 469 g/mol. The number of halogens is 1. The summed E-state index contributed by atoms with van der Waals surface area (Å²) in [5.41, 5.74) is 2.66. The molecule has 1 N–H and O–H groups in total. The number of hydrogen-bond acceptors (Lipinski definition) is 6. The van der Waals surface area contributed by atoms with Gasteiger partial charge in [-0.3, -0.25) is 24.0 Å². The summed E-state index contributed by atoms with van der Waals surface area (Å²) >= 11 is 1.18. The molecule has 1 aliphatic rings. The van der Waals surface area contributed by atoms with E-state index in [1.165, 1.54) is 23.5 Å². The van der Waals surface area contributed by atoms with Gasteiger partial charge in [0, 0.05) is 25.2 Å². The Morgan fingerprint density at radius 3 is 2.49 bits per heavy atom. The molecule has 0 saturated heterocycles. The maximum atomic E-state index is 13.8. The molecule has 0 fully saturated rings. The first-order valence-electron chi connectivity index (χ1n) is 10.8. The Labute approximate surface area is 204 Å². The molecule has 8 nitrogen and oxygen atoms in total. The summed E-state index contributed by atoms with van der Waals surface area (Å²) in [5.74, 6) is -1.69. The molecule has 1 unspecified atom stereocenters. The van der Waals surface area contributed by atoms with Gasteiger partial charge in [0.15, 0.2) is 5.01 Å². The first kappa shape index (κ1) is 22.6. The molecule has 10 heteroatoms. The lowest BCUT2D eigenvalue weighted by molar-refractivity contribution is 0.0628. The topological polar surface area (TPSA) is 97.2 Å². The van der Waals surface area contributed by atoms with Crippen molar-refractivity contribution in [1.82, 2.24) is 25.0 Å². The smallest absolute Gasteiger partial charge is 0.280 e. The molecule has 2 aromatic carbocycles. The second-order valence-electron chi connectivity index (χ2n) is 8.15. The molecular formula is C25H20FN5O3S. The Hall–Kier alpha value is -4.18. The number of fused-ring (bicyclic) bond motifs is 1. The number of benzene rings is 2. The summed E-state index contributed by atoms with van der Waals surface area (Å²) in [7, 11) is 1.78. The Morgan fingerprint density at radius 2 is 1.83 bits per heavy atom. The van der Waals surface area contributed by atoms with Gasteiger partial charge in [0.25, 0.3) is 17.7 Å². The number of nitrogens with one attached hydrogen (secondary N) is 1. The van der Waals surface area contributed by atoms with E-state index in [0.717, 1.165) is 10.6 Å². The van der Waals surface area contributed by atoms with Crippen molar-refractivity contribution < 1.29 is 18.8 Å². The van der Waals surface area contributed by atoms with Crippen LogP contribution < -0.4 is 5.32 Å². The fraction of sp³-hybridized carbons (Fsp3) is 0.160. The van der Waals surface area contributed by atoms with Gasteiger partial charge in [0.2, 0.25) is 0 Å². The summed E-state index contributed by atoms with van der Waals surface area (Å²) in [4.78, 5) is 44.4. The van der Waals surface area contributed by atoms with Crippen LogP contribution in [0, 0.1) is 5.82 Å². The quantitative estimate of drug-likeness (QED) is 0.402. The van der Waals surface area contributed by atoms with E-state index in [9.17, 15) is 18.8 Å². The number of rotatable bonds is 7. The summed E-state index contributed by atoms with van der Waals surface area (Å²) in [6.45, 7) is -0.0609. The molecule has 176 valence electrons. The standard InChI is InChI=1S/C25H20FN5O3S/c1-30-21(9-10-27-30)20-14-35-23(29-20)22(32)28-17(12-15-5-4-6-16(26)11-15)13-31-24(33)18-7-2-3-8-19(18)25(31)34/h2-11,14,17H,12-13H2,1H3,(H,28,32). The fourth-order valence-corrected chi connectivity index (χ4v) is 4.82. The van der Waals surface area contributed by atoms with Gasteiger partial charge in [-0.15, -0.1) is 11.3 Å². The van der Waals surface area contributed by atoms with Crippen LogP contribution in [0.2, 0.25) is 0 Å². The monoisotopic (exact) mass is 489 g/mol. The van der Waals surface area contributed by atoms with Crippen LogP contribution in [0.25, 0.3) is 11.4 Å². The highest BCUT2D eigenvalue weighted by molar-refractivity contribution is 7.12. The molecule has 0 radical (unpaired) electrons. The highest BCUT2D eigenvalue weighted by Crippen LogP contribution is 2.24. The number of amides is 3. The van der Waals surface area contributed by atoms with E-state index in [4.69, 9.17) is 0 Å². The van der Waals surface area contributed by atoms with Gasteiger partial charge < -0.3 is 5.32 Å². The Bertz CT molecular complexity index is 1410. The van der Waals surface area contributed by atoms with Crippen LogP contribution in [-0.4, -0.2) is 50.0 Å². The van der Waals surface area contributed by atoms with Crippen LogP contribution in [0.4, 0.5) is 4.39 Å². The van der Waals surface area contributed by atoms with Crippen LogP contribution in [-0.2, 0) is 13.5 Å². The molecule has 0 saturated carbocycles. The zero-order valence-electron chi connectivity index (χ0n) is 18.6. The van der Waals surface area contributed by atoms with Gasteiger partial charge in [0.05, 0.1) is 22.9 Å². The van der Waals surface area contributed by atoms with Gasteiger partial charge in [-0.2, -0.15) is 5.10 Å². The van der Waals surface area contributed by atoms with Gasteiger partial charge in [0.1, 0.15) is 11.5 Å². The molecule has 2 aromatic heterocycles. The molecule has 35 heavy (non-hydrogen) atoms. The van der Waals surface area contributed by atoms with Crippen LogP contribution in [0.15, 0.2) is 66.2 Å². The van der Waals surface area contributed by atoms with Crippen molar-refractivity contribution in [2.24, 2.45) is 7.05 Å². The largest absolute Gasteiger partial charge is 0.345 e. The Balaban J connectivity index is 1.38. The number of aromatic nitrogens is 3. The van der Waals surface area contributed by atoms with Crippen molar-refractivity contribution in [1.29, 1.82) is 0 Å². The molecule has 4 aromatic rings. The minimum absolute atomic E-state index is 0.0609. The van der Waals surface area contributed by atoms with Crippen molar-refractivity contribution in [2.45, 2.75) is 12.5 Å². The average molecular weight is 490 g/mol. The molecule has 1 aliphatic heterocycles. The number of hydrogen-bond donors (Lipinski definition) is 1. The third-order valence-corrected chi connectivity index (χ3v) is 6.61. The molecule has 0 bridgehead atoms. The van der Waals surface area contributed by atoms with Gasteiger partial charge in [-0.25, -0.2) is 9.37 Å². The molecule has 3 heterocycles. The maximum Gasteiger partial charge on any atom is 0.280 e. The minimum atomic E-state index is -0.657. The summed E-state index contributed by atoms with van der Waals surface area (Å²) in [6.07, 6.45) is 1.86. The molecule has 3 amide bonds. The summed E-state index contributed by atoms with van der Waals surface area (Å²) in [5, 5.41) is 9.00. The fourth-order valence-electron chi connectivity index (χ4n) is 4.10. The van der Waals surface area contributed by atoms with Crippen LogP contribution in [0.5, 0.6) is 0 Å². The van der Waals surface area contributed by atoms with Crippen LogP contribution in [0.3, 0.4) is 0 Å². The number of carbonyl (C=O) groups is 3. The predicted octanol–water partition coefficient (Wildman–Crippen LogP) is 3.32. The van der Waals surface area contributed by atoms with Crippen molar-refractivity contribution in [3.05, 3.63) is 93.7 Å². The normalized spacial score (nSPS) is 13.7. The summed E-state index contributed by atoms with van der Waals surface area (Å²) < 4.78 is 15.5. The molecule has 0 spiro atoms. The highest BCUT2D eigenvalue weighted by atomic mass is 32.1. The van der Waals surface area contributed by atoms with Gasteiger partial charge in [-0.1, -0.05) is 24.3 Å². The highest BCUT2D eigenvalue weighted by Gasteiger charge is 2.36. The SMILES string of the molecule is Cn1nccc1-c1csc(C(=O)NC(Cc2cccc(F)c2)CN2C(=O)c3ccccc3C2=O)n1. The minimum Gasteiger partial charge on any atom is -0.345 e. The first-order chi connectivity index (χ1) is 16.9. The number of thiazole rings is 1. The number of nitrogens with zero attached hydrogens (tertiary/aromatic N) is 4. The number of imide groups is 1. The third kappa shape index (κ3) is 4.47. The van der Waals surface area contributed by atoms with Crippen LogP contribution >= 0.6 is 11.3 Å². The van der Waals surface area contributed by atoms with E-state index >= 15 is 0 Å². The van der Waals surface area contributed by atoms with Crippen molar-refractivity contribution in [3.63, 3.8) is 0 Å². The first-order valence-corrected chi connectivity index (χ1v) is 11.7. The van der Waals surface area contributed by atoms with Gasteiger partial charge >= 0.3 is 0 Å². The average Bonchev–Trinajstić information content (AvgIpc) is 3.55. The van der Waals surface area contributed by atoms with E-state index < -0.39 is 29.6 Å². The second-order valence-corrected chi connectivity index (χ2v) is 9.01. The molecule has 0 aliphatic carbocycles. The lowest BCUT2D eigenvalue weighted by Gasteiger charge is -2.23. The summed E-state index contributed by atoms with van der Waals surface area (Å²) in [6, 6.07) is 13.7. The molecule has 5 rings (SSSR count). The van der Waals surface area contributed by atoms with E-state index in [1.54, 1.807) is 65.8 Å². The van der Waals surface area contributed by atoms with Crippen LogP contribution in [0.1, 0.15) is 36.1 Å². The maximum absolute atomic E-state index is 13.8. The van der Waals surface area contributed by atoms with Crippen molar-refractivity contribution >= 4 is 29.1 Å². The van der Waals surface area contributed by atoms with E-state index in [-0.39, 0.29) is 18.0 Å². The second kappa shape index (κ2) is 9.22. The predicted molar refractivity (Wildman–Crippen MR) is 127 cm³/mol. The number of aryl methyl sites for hydroxylation is 1. The zero-order chi connectivity index (χ0) is 24.5. The lowest BCUT2D eigenvalue weighted by atomic mass is 10.0. The van der Waals surface area contributed by atoms with Crippen molar-refractivity contribution in [3.8, 4) is 11.4 Å². The molecule has 1 atom stereocenters. The lowest BCUT2D eigenvalue weighted by Crippen LogP contribution is -2.47. The Morgan fingerprint density at radius 1 is 1.09 bits per heavy atom. The van der Waals surface area contributed by atoms with Gasteiger partial charge in [-0.05, 0) is 42.3 Å². The Kier molecular flexibility index (Phi) is 5.96. The zero-order valence-corrected chi connectivity index (χ0v) is 19.5. The van der Waals surface area contributed by atoms with E-state index in [1.807, 2.05) is 0 Å². The van der Waals surface area contributed by atoms with E-state index in [2.05, 4.69) is 15.4 Å².